The fourth-order valence-electron chi connectivity index (χ4n) is 0.733. The van der Waals surface area contributed by atoms with E-state index in [0.717, 1.165) is 0 Å². The quantitative estimate of drug-likeness (QED) is 0.549. The zero-order chi connectivity index (χ0) is 8.27. The van der Waals surface area contributed by atoms with Crippen LogP contribution in [0.15, 0.2) is 17.1 Å². The van der Waals surface area contributed by atoms with Crippen LogP contribution in [-0.2, 0) is 11.3 Å². The SMILES string of the molecule is Cc1ccn(CC=O)c(=O)n1. The number of hydrogen-bond acceptors (Lipinski definition) is 3. The molecule has 0 amide bonds. The molecule has 1 aromatic heterocycles. The third-order valence-electron chi connectivity index (χ3n) is 1.28. The van der Waals surface area contributed by atoms with Gasteiger partial charge in [-0.25, -0.2) is 4.79 Å². The molecule has 1 aromatic rings. The van der Waals surface area contributed by atoms with Crippen LogP contribution in [0, 0.1) is 6.92 Å². The van der Waals surface area contributed by atoms with E-state index < -0.39 is 0 Å². The van der Waals surface area contributed by atoms with E-state index in [1.165, 1.54) is 4.57 Å². The fourth-order valence-corrected chi connectivity index (χ4v) is 0.733. The molecule has 4 nitrogen and oxygen atoms in total. The molecule has 0 unspecified atom stereocenters. The van der Waals surface area contributed by atoms with Crippen LogP contribution in [0.1, 0.15) is 5.69 Å². The Balaban J connectivity index is 3.09. The van der Waals surface area contributed by atoms with Crippen molar-refractivity contribution in [3.63, 3.8) is 0 Å². The van der Waals surface area contributed by atoms with Gasteiger partial charge in [0.05, 0.1) is 6.54 Å². The Bertz CT molecular complexity index is 316. The van der Waals surface area contributed by atoms with Crippen LogP contribution in [-0.4, -0.2) is 15.8 Å². The summed E-state index contributed by atoms with van der Waals surface area (Å²) in [7, 11) is 0. The monoisotopic (exact) mass is 152 g/mol. The summed E-state index contributed by atoms with van der Waals surface area (Å²) in [6.07, 6.45) is 2.22. The highest BCUT2D eigenvalue weighted by atomic mass is 16.1. The minimum atomic E-state index is -0.378. The number of aldehydes is 1. The molecule has 0 radical (unpaired) electrons. The maximum absolute atomic E-state index is 10.9. The molecular formula is C7H8N2O2. The normalized spacial score (nSPS) is 9.55. The Morgan fingerprint density at radius 1 is 1.73 bits per heavy atom. The molecule has 0 saturated heterocycles. The molecule has 0 fully saturated rings. The van der Waals surface area contributed by atoms with Crippen molar-refractivity contribution in [2.24, 2.45) is 0 Å². The third-order valence-corrected chi connectivity index (χ3v) is 1.28. The van der Waals surface area contributed by atoms with Gasteiger partial charge in [0.15, 0.2) is 0 Å². The van der Waals surface area contributed by atoms with Crippen molar-refractivity contribution in [2.45, 2.75) is 13.5 Å². The van der Waals surface area contributed by atoms with Crippen LogP contribution < -0.4 is 5.69 Å². The predicted octanol–water partition coefficient (Wildman–Crippen LogP) is -0.249. The van der Waals surface area contributed by atoms with Crippen LogP contribution in [0.3, 0.4) is 0 Å². The van der Waals surface area contributed by atoms with Crippen LogP contribution >= 0.6 is 0 Å². The van der Waals surface area contributed by atoms with Crippen molar-refractivity contribution in [1.82, 2.24) is 9.55 Å². The van der Waals surface area contributed by atoms with E-state index in [2.05, 4.69) is 4.98 Å². The van der Waals surface area contributed by atoms with E-state index in [1.807, 2.05) is 0 Å². The average Bonchev–Trinajstić information content (AvgIpc) is 1.95. The lowest BCUT2D eigenvalue weighted by atomic mass is 10.4. The summed E-state index contributed by atoms with van der Waals surface area (Å²) in [6.45, 7) is 1.80. The number of hydrogen-bond donors (Lipinski definition) is 0. The van der Waals surface area contributed by atoms with Gasteiger partial charge in [0.2, 0.25) is 0 Å². The molecule has 0 bridgehead atoms. The minimum Gasteiger partial charge on any atom is -0.301 e. The number of nitrogens with zero attached hydrogens (tertiary/aromatic N) is 2. The molecule has 0 spiro atoms. The van der Waals surface area contributed by atoms with Gasteiger partial charge in [-0.2, -0.15) is 4.98 Å². The maximum atomic E-state index is 10.9. The molecule has 0 saturated carbocycles. The summed E-state index contributed by atoms with van der Waals surface area (Å²) in [5.41, 5.74) is 0.286. The second-order valence-corrected chi connectivity index (χ2v) is 2.17. The Morgan fingerprint density at radius 3 is 3.00 bits per heavy atom. The van der Waals surface area contributed by atoms with Gasteiger partial charge in [0.1, 0.15) is 6.29 Å². The first kappa shape index (κ1) is 7.65. The van der Waals surface area contributed by atoms with Crippen molar-refractivity contribution in [3.05, 3.63) is 28.4 Å². The molecule has 0 N–H and O–H groups in total. The molecular weight excluding hydrogens is 144 g/mol. The van der Waals surface area contributed by atoms with E-state index >= 15 is 0 Å². The Hall–Kier alpha value is -1.45. The molecule has 1 rings (SSSR count). The van der Waals surface area contributed by atoms with Gasteiger partial charge in [-0.3, -0.25) is 4.57 Å². The van der Waals surface area contributed by atoms with E-state index in [0.29, 0.717) is 12.0 Å². The Kier molecular flexibility index (Phi) is 2.15. The molecule has 0 aliphatic carbocycles. The fraction of sp³-hybridized carbons (Fsp3) is 0.286. The molecule has 58 valence electrons. The van der Waals surface area contributed by atoms with E-state index in [9.17, 15) is 9.59 Å². The van der Waals surface area contributed by atoms with Gasteiger partial charge in [-0.05, 0) is 13.0 Å². The lowest BCUT2D eigenvalue weighted by molar-refractivity contribution is -0.108. The molecule has 0 atom stereocenters. The lowest BCUT2D eigenvalue weighted by Crippen LogP contribution is -2.23. The first-order valence-electron chi connectivity index (χ1n) is 3.22. The predicted molar refractivity (Wildman–Crippen MR) is 39.3 cm³/mol. The number of rotatable bonds is 2. The highest BCUT2D eigenvalue weighted by Crippen LogP contribution is 1.84. The average molecular weight is 152 g/mol. The molecule has 11 heavy (non-hydrogen) atoms. The van der Waals surface area contributed by atoms with Crippen LogP contribution in [0.5, 0.6) is 0 Å². The zero-order valence-electron chi connectivity index (χ0n) is 6.15. The van der Waals surface area contributed by atoms with Crippen molar-refractivity contribution >= 4 is 6.29 Å². The third kappa shape index (κ3) is 1.73. The summed E-state index contributed by atoms with van der Waals surface area (Å²) in [6, 6.07) is 1.69. The van der Waals surface area contributed by atoms with Gasteiger partial charge >= 0.3 is 5.69 Å². The molecule has 0 aliphatic rings. The summed E-state index contributed by atoms with van der Waals surface area (Å²) in [5.74, 6) is 0. The summed E-state index contributed by atoms with van der Waals surface area (Å²) in [5, 5.41) is 0. The van der Waals surface area contributed by atoms with Crippen molar-refractivity contribution in [2.75, 3.05) is 0 Å². The zero-order valence-corrected chi connectivity index (χ0v) is 6.15. The first-order valence-corrected chi connectivity index (χ1v) is 3.22. The second-order valence-electron chi connectivity index (χ2n) is 2.17. The largest absolute Gasteiger partial charge is 0.348 e. The maximum Gasteiger partial charge on any atom is 0.348 e. The smallest absolute Gasteiger partial charge is 0.301 e. The summed E-state index contributed by atoms with van der Waals surface area (Å²) >= 11 is 0. The van der Waals surface area contributed by atoms with Crippen LogP contribution in [0.25, 0.3) is 0 Å². The first-order chi connectivity index (χ1) is 5.24. The molecule has 0 aromatic carbocycles. The number of aryl methyl sites for hydroxylation is 1. The highest BCUT2D eigenvalue weighted by molar-refractivity contribution is 5.48. The van der Waals surface area contributed by atoms with E-state index in [4.69, 9.17) is 0 Å². The summed E-state index contributed by atoms with van der Waals surface area (Å²) in [4.78, 5) is 24.6. The minimum absolute atomic E-state index is 0.0755. The highest BCUT2D eigenvalue weighted by Gasteiger charge is 1.93. The number of carbonyl (C=O) groups excluding carboxylic acids is 1. The number of carbonyl (C=O) groups is 1. The molecule has 0 aliphatic heterocycles. The topological polar surface area (TPSA) is 52.0 Å². The van der Waals surface area contributed by atoms with Crippen LogP contribution in [0.2, 0.25) is 0 Å². The van der Waals surface area contributed by atoms with E-state index in [1.54, 1.807) is 19.2 Å². The van der Waals surface area contributed by atoms with Gasteiger partial charge in [-0.15, -0.1) is 0 Å². The standard InChI is InChI=1S/C7H8N2O2/c1-6-2-3-9(4-5-10)7(11)8-6/h2-3,5H,4H2,1H3. The second kappa shape index (κ2) is 3.09. The molecule has 4 heteroatoms. The Morgan fingerprint density at radius 2 is 2.45 bits per heavy atom. The van der Waals surface area contributed by atoms with Crippen LogP contribution in [0.4, 0.5) is 0 Å². The van der Waals surface area contributed by atoms with Gasteiger partial charge in [-0.1, -0.05) is 0 Å². The van der Waals surface area contributed by atoms with Crippen molar-refractivity contribution in [3.8, 4) is 0 Å². The van der Waals surface area contributed by atoms with E-state index in [-0.39, 0.29) is 12.2 Å². The van der Waals surface area contributed by atoms with Crippen molar-refractivity contribution < 1.29 is 4.79 Å². The van der Waals surface area contributed by atoms with Crippen molar-refractivity contribution in [1.29, 1.82) is 0 Å². The summed E-state index contributed by atoms with van der Waals surface area (Å²) < 4.78 is 1.25. The number of aromatic nitrogens is 2. The van der Waals surface area contributed by atoms with Gasteiger partial charge in [0.25, 0.3) is 0 Å². The van der Waals surface area contributed by atoms with Gasteiger partial charge in [0, 0.05) is 11.9 Å². The van der Waals surface area contributed by atoms with Gasteiger partial charge < -0.3 is 4.79 Å². The lowest BCUT2D eigenvalue weighted by Gasteiger charge is -1.97. The Labute approximate surface area is 63.5 Å². The molecule has 1 heterocycles.